The normalized spacial score (nSPS) is 20.9. The number of hydrogen-bond donors (Lipinski definition) is 2. The molecule has 1 atom stereocenters. The van der Waals surface area contributed by atoms with E-state index in [1.165, 1.54) is 0 Å². The van der Waals surface area contributed by atoms with Crippen molar-refractivity contribution < 1.29 is 9.90 Å². The van der Waals surface area contributed by atoms with Crippen LogP contribution in [0.3, 0.4) is 0 Å². The van der Waals surface area contributed by atoms with Crippen molar-refractivity contribution in [2.75, 3.05) is 24.6 Å². The summed E-state index contributed by atoms with van der Waals surface area (Å²) < 4.78 is 0.938. The zero-order valence-electron chi connectivity index (χ0n) is 9.40. The van der Waals surface area contributed by atoms with Crippen molar-refractivity contribution in [1.29, 1.82) is 0 Å². The summed E-state index contributed by atoms with van der Waals surface area (Å²) in [4.78, 5) is 13.8. The van der Waals surface area contributed by atoms with Gasteiger partial charge in [-0.15, -0.1) is 0 Å². The van der Waals surface area contributed by atoms with Crippen LogP contribution in [0.2, 0.25) is 0 Å². The standard InChI is InChI=1S/C12H15BrN2O2/c13-9-4-1-2-5-10(9)15-7-3-6-14-12(17)11(15)8-16/h1-2,4-5,11,16H,3,6-8H2,(H,14,17). The Bertz CT molecular complexity index is 411. The molecule has 0 saturated carbocycles. The average Bonchev–Trinajstić information content (AvgIpc) is 2.51. The molecular weight excluding hydrogens is 284 g/mol. The number of nitrogens with zero attached hydrogens (tertiary/aromatic N) is 1. The number of carbonyl (C=O) groups excluding carboxylic acids is 1. The van der Waals surface area contributed by atoms with Gasteiger partial charge in [0.1, 0.15) is 6.04 Å². The lowest BCUT2D eigenvalue weighted by Crippen LogP contribution is -2.47. The van der Waals surface area contributed by atoms with Gasteiger partial charge in [-0.3, -0.25) is 4.79 Å². The summed E-state index contributed by atoms with van der Waals surface area (Å²) in [6, 6.07) is 7.24. The van der Waals surface area contributed by atoms with Gasteiger partial charge in [0.2, 0.25) is 5.91 Å². The first-order valence-corrected chi connectivity index (χ1v) is 6.43. The minimum absolute atomic E-state index is 0.110. The molecule has 1 amide bonds. The first-order chi connectivity index (χ1) is 8.24. The van der Waals surface area contributed by atoms with Gasteiger partial charge < -0.3 is 15.3 Å². The Morgan fingerprint density at radius 1 is 1.47 bits per heavy atom. The van der Waals surface area contributed by atoms with Crippen LogP contribution in [-0.4, -0.2) is 36.8 Å². The van der Waals surface area contributed by atoms with Crippen LogP contribution in [0.1, 0.15) is 6.42 Å². The molecule has 0 radical (unpaired) electrons. The lowest BCUT2D eigenvalue weighted by Gasteiger charge is -2.29. The van der Waals surface area contributed by atoms with Crippen LogP contribution in [0.4, 0.5) is 5.69 Å². The highest BCUT2D eigenvalue weighted by atomic mass is 79.9. The van der Waals surface area contributed by atoms with Gasteiger partial charge in [0.25, 0.3) is 0 Å². The van der Waals surface area contributed by atoms with Crippen molar-refractivity contribution in [3.8, 4) is 0 Å². The van der Waals surface area contributed by atoms with Gasteiger partial charge in [-0.25, -0.2) is 0 Å². The molecule has 2 N–H and O–H groups in total. The van der Waals surface area contributed by atoms with Crippen molar-refractivity contribution in [1.82, 2.24) is 5.32 Å². The highest BCUT2D eigenvalue weighted by Gasteiger charge is 2.28. The number of carbonyl (C=O) groups is 1. The number of aliphatic hydroxyl groups excluding tert-OH is 1. The molecular formula is C12H15BrN2O2. The van der Waals surface area contributed by atoms with Crippen molar-refractivity contribution >= 4 is 27.5 Å². The fraction of sp³-hybridized carbons (Fsp3) is 0.417. The van der Waals surface area contributed by atoms with E-state index in [4.69, 9.17) is 0 Å². The quantitative estimate of drug-likeness (QED) is 0.861. The summed E-state index contributed by atoms with van der Waals surface area (Å²) in [5.74, 6) is -0.110. The number of halogens is 1. The average molecular weight is 299 g/mol. The van der Waals surface area contributed by atoms with E-state index in [1.54, 1.807) is 0 Å². The van der Waals surface area contributed by atoms with Gasteiger partial charge in [-0.1, -0.05) is 12.1 Å². The molecule has 92 valence electrons. The molecule has 0 spiro atoms. The van der Waals surface area contributed by atoms with E-state index in [2.05, 4.69) is 21.2 Å². The molecule has 1 aromatic rings. The Labute approximate surface area is 109 Å². The second kappa shape index (κ2) is 5.51. The molecule has 1 aromatic carbocycles. The molecule has 17 heavy (non-hydrogen) atoms. The highest BCUT2D eigenvalue weighted by Crippen LogP contribution is 2.28. The monoisotopic (exact) mass is 298 g/mol. The number of hydrogen-bond acceptors (Lipinski definition) is 3. The van der Waals surface area contributed by atoms with Crippen LogP contribution >= 0.6 is 15.9 Å². The third-order valence-electron chi connectivity index (χ3n) is 2.89. The van der Waals surface area contributed by atoms with E-state index in [1.807, 2.05) is 29.2 Å². The molecule has 1 saturated heterocycles. The van der Waals surface area contributed by atoms with Crippen molar-refractivity contribution in [2.45, 2.75) is 12.5 Å². The number of nitrogens with one attached hydrogen (secondary N) is 1. The lowest BCUT2D eigenvalue weighted by atomic mass is 10.2. The maximum Gasteiger partial charge on any atom is 0.245 e. The number of para-hydroxylation sites is 1. The van der Waals surface area contributed by atoms with Crippen LogP contribution in [0.25, 0.3) is 0 Å². The summed E-state index contributed by atoms with van der Waals surface area (Å²) in [7, 11) is 0. The van der Waals surface area contributed by atoms with Gasteiger partial charge >= 0.3 is 0 Å². The van der Waals surface area contributed by atoms with Gasteiger partial charge in [0.15, 0.2) is 0 Å². The first-order valence-electron chi connectivity index (χ1n) is 5.64. The van der Waals surface area contributed by atoms with E-state index >= 15 is 0 Å². The molecule has 0 bridgehead atoms. The van der Waals surface area contributed by atoms with E-state index in [0.717, 1.165) is 23.1 Å². The van der Waals surface area contributed by atoms with E-state index < -0.39 is 6.04 Å². The molecule has 0 aliphatic carbocycles. The van der Waals surface area contributed by atoms with Crippen LogP contribution in [0.15, 0.2) is 28.7 Å². The molecule has 1 fully saturated rings. The Morgan fingerprint density at radius 2 is 2.24 bits per heavy atom. The molecule has 1 aliphatic rings. The first kappa shape index (κ1) is 12.4. The molecule has 4 nitrogen and oxygen atoms in total. The predicted molar refractivity (Wildman–Crippen MR) is 70.0 cm³/mol. The Balaban J connectivity index is 2.34. The van der Waals surface area contributed by atoms with Gasteiger partial charge in [0, 0.05) is 17.6 Å². The molecule has 1 aliphatic heterocycles. The van der Waals surface area contributed by atoms with Crippen molar-refractivity contribution in [3.05, 3.63) is 28.7 Å². The van der Waals surface area contributed by atoms with Crippen molar-refractivity contribution in [2.24, 2.45) is 0 Å². The third kappa shape index (κ3) is 2.61. The van der Waals surface area contributed by atoms with Gasteiger partial charge in [0.05, 0.1) is 12.3 Å². The largest absolute Gasteiger partial charge is 0.394 e. The minimum Gasteiger partial charge on any atom is -0.394 e. The topological polar surface area (TPSA) is 52.6 Å². The molecule has 5 heteroatoms. The molecule has 1 unspecified atom stereocenters. The Morgan fingerprint density at radius 3 is 2.94 bits per heavy atom. The number of rotatable bonds is 2. The summed E-state index contributed by atoms with van der Waals surface area (Å²) in [6.45, 7) is 1.25. The van der Waals surface area contributed by atoms with Crippen LogP contribution in [0.5, 0.6) is 0 Å². The minimum atomic E-state index is -0.504. The lowest BCUT2D eigenvalue weighted by molar-refractivity contribution is -0.122. The maximum absolute atomic E-state index is 11.8. The SMILES string of the molecule is O=C1NCCCN(c2ccccc2Br)C1CO. The number of anilines is 1. The van der Waals surface area contributed by atoms with Gasteiger partial charge in [-0.05, 0) is 34.5 Å². The Hall–Kier alpha value is -1.07. The van der Waals surface area contributed by atoms with E-state index in [9.17, 15) is 9.90 Å². The number of aliphatic hydroxyl groups is 1. The van der Waals surface area contributed by atoms with Crippen LogP contribution in [-0.2, 0) is 4.79 Å². The number of benzene rings is 1. The van der Waals surface area contributed by atoms with E-state index in [0.29, 0.717) is 6.54 Å². The van der Waals surface area contributed by atoms with E-state index in [-0.39, 0.29) is 12.5 Å². The smallest absolute Gasteiger partial charge is 0.245 e. The summed E-state index contributed by atoms with van der Waals surface area (Å²) >= 11 is 3.48. The summed E-state index contributed by atoms with van der Waals surface area (Å²) in [5, 5.41) is 12.2. The summed E-state index contributed by atoms with van der Waals surface area (Å²) in [5.41, 5.74) is 0.948. The van der Waals surface area contributed by atoms with Crippen LogP contribution in [0, 0.1) is 0 Å². The molecule has 0 aromatic heterocycles. The predicted octanol–water partition coefficient (Wildman–Crippen LogP) is 1.14. The molecule has 1 heterocycles. The second-order valence-corrected chi connectivity index (χ2v) is 4.84. The third-order valence-corrected chi connectivity index (χ3v) is 3.56. The fourth-order valence-electron chi connectivity index (χ4n) is 2.03. The zero-order valence-corrected chi connectivity index (χ0v) is 11.0. The zero-order chi connectivity index (χ0) is 12.3. The second-order valence-electron chi connectivity index (χ2n) is 3.99. The van der Waals surface area contributed by atoms with Crippen molar-refractivity contribution in [3.63, 3.8) is 0 Å². The Kier molecular flexibility index (Phi) is 4.02. The summed E-state index contributed by atoms with van der Waals surface area (Å²) in [6.07, 6.45) is 0.879. The maximum atomic E-state index is 11.8. The van der Waals surface area contributed by atoms with Crippen LogP contribution < -0.4 is 10.2 Å². The van der Waals surface area contributed by atoms with Gasteiger partial charge in [-0.2, -0.15) is 0 Å². The highest BCUT2D eigenvalue weighted by molar-refractivity contribution is 9.10. The number of amides is 1. The molecule has 2 rings (SSSR count). The fourth-order valence-corrected chi connectivity index (χ4v) is 2.54.